The molecule has 1 fully saturated rings. The molecule has 1 aromatic carbocycles. The Labute approximate surface area is 76.8 Å². The van der Waals surface area contributed by atoms with Crippen molar-refractivity contribution in [2.45, 2.75) is 11.8 Å². The van der Waals surface area contributed by atoms with Crippen LogP contribution in [0.25, 0.3) is 0 Å². The molecule has 2 heteroatoms. The molecule has 0 amide bonds. The maximum absolute atomic E-state index is 10.6. The van der Waals surface area contributed by atoms with E-state index in [4.69, 9.17) is 5.26 Å². The lowest BCUT2D eigenvalue weighted by Gasteiger charge is -2.05. The summed E-state index contributed by atoms with van der Waals surface area (Å²) in [4.78, 5) is 10.6. The van der Waals surface area contributed by atoms with Gasteiger partial charge in [-0.3, -0.25) is 0 Å². The predicted molar refractivity (Wildman–Crippen MR) is 47.9 cm³/mol. The van der Waals surface area contributed by atoms with Crippen molar-refractivity contribution in [3.8, 4) is 6.07 Å². The zero-order valence-corrected chi connectivity index (χ0v) is 7.10. The molecular weight excluding hydrogens is 162 g/mol. The van der Waals surface area contributed by atoms with Crippen molar-refractivity contribution in [2.24, 2.45) is 5.92 Å². The van der Waals surface area contributed by atoms with Gasteiger partial charge in [0.05, 0.1) is 11.5 Å². The van der Waals surface area contributed by atoms with Crippen molar-refractivity contribution in [1.29, 1.82) is 5.26 Å². The molecule has 0 N–H and O–H groups in total. The fourth-order valence-electron chi connectivity index (χ4n) is 1.71. The highest BCUT2D eigenvalue weighted by atomic mass is 16.1. The van der Waals surface area contributed by atoms with E-state index in [1.54, 1.807) is 0 Å². The molecule has 0 heterocycles. The van der Waals surface area contributed by atoms with Crippen LogP contribution in [0.3, 0.4) is 0 Å². The van der Waals surface area contributed by atoms with E-state index in [9.17, 15) is 4.79 Å². The number of carbonyl (C=O) groups excluding carboxylic acids is 1. The van der Waals surface area contributed by atoms with E-state index < -0.39 is 5.41 Å². The van der Waals surface area contributed by atoms with E-state index in [1.165, 1.54) is 0 Å². The Morgan fingerprint density at radius 3 is 2.62 bits per heavy atom. The molecule has 1 aromatic rings. The van der Waals surface area contributed by atoms with Gasteiger partial charge in [-0.05, 0) is 12.0 Å². The maximum atomic E-state index is 10.6. The zero-order valence-electron chi connectivity index (χ0n) is 7.10. The molecule has 2 rings (SSSR count). The Hall–Kier alpha value is -1.62. The monoisotopic (exact) mass is 171 g/mol. The SMILES string of the molecule is N#C[C@@]1(c2ccccc2)C[C@@H]1C=O. The predicted octanol–water partition coefficient (Wildman–Crippen LogP) is 1.67. The van der Waals surface area contributed by atoms with Crippen LogP contribution in [-0.2, 0) is 10.2 Å². The highest BCUT2D eigenvalue weighted by Crippen LogP contribution is 2.52. The molecule has 2 nitrogen and oxygen atoms in total. The van der Waals surface area contributed by atoms with Crippen molar-refractivity contribution >= 4 is 6.29 Å². The number of nitrogens with zero attached hydrogens (tertiary/aromatic N) is 1. The van der Waals surface area contributed by atoms with Gasteiger partial charge in [0.25, 0.3) is 0 Å². The summed E-state index contributed by atoms with van der Waals surface area (Å²) in [7, 11) is 0. The topological polar surface area (TPSA) is 40.9 Å². The largest absolute Gasteiger partial charge is 0.303 e. The first-order valence-corrected chi connectivity index (χ1v) is 4.25. The van der Waals surface area contributed by atoms with Gasteiger partial charge in [0, 0.05) is 5.92 Å². The standard InChI is InChI=1S/C11H9NO/c12-8-11(6-10(11)7-13)9-4-2-1-3-5-9/h1-5,7,10H,6H2/t10-,11-/m1/s1. The Kier molecular flexibility index (Phi) is 1.66. The van der Waals surface area contributed by atoms with Crippen LogP contribution in [0.4, 0.5) is 0 Å². The molecule has 64 valence electrons. The van der Waals surface area contributed by atoms with Crippen molar-refractivity contribution in [3.05, 3.63) is 35.9 Å². The minimum atomic E-state index is -0.511. The quantitative estimate of drug-likeness (QED) is 0.635. The van der Waals surface area contributed by atoms with Crippen molar-refractivity contribution in [1.82, 2.24) is 0 Å². The third-order valence-corrected chi connectivity index (χ3v) is 2.67. The Balaban J connectivity index is 2.37. The molecular formula is C11H9NO. The van der Waals surface area contributed by atoms with E-state index in [-0.39, 0.29) is 5.92 Å². The summed E-state index contributed by atoms with van der Waals surface area (Å²) in [6.45, 7) is 0. The van der Waals surface area contributed by atoms with Gasteiger partial charge in [-0.25, -0.2) is 0 Å². The first-order valence-electron chi connectivity index (χ1n) is 4.25. The van der Waals surface area contributed by atoms with Crippen LogP contribution in [0.5, 0.6) is 0 Å². The molecule has 0 aromatic heterocycles. The molecule has 0 spiro atoms. The lowest BCUT2D eigenvalue weighted by Crippen LogP contribution is -2.07. The number of carbonyl (C=O) groups is 1. The van der Waals surface area contributed by atoms with Gasteiger partial charge in [0.2, 0.25) is 0 Å². The molecule has 0 aliphatic heterocycles. The van der Waals surface area contributed by atoms with Crippen LogP contribution < -0.4 is 0 Å². The number of benzene rings is 1. The molecule has 0 saturated heterocycles. The molecule has 1 saturated carbocycles. The summed E-state index contributed by atoms with van der Waals surface area (Å²) in [6, 6.07) is 11.8. The van der Waals surface area contributed by atoms with Gasteiger partial charge in [0.15, 0.2) is 0 Å². The van der Waals surface area contributed by atoms with Crippen LogP contribution in [0, 0.1) is 17.2 Å². The number of rotatable bonds is 2. The van der Waals surface area contributed by atoms with Gasteiger partial charge in [0.1, 0.15) is 6.29 Å². The fraction of sp³-hybridized carbons (Fsp3) is 0.273. The van der Waals surface area contributed by atoms with Gasteiger partial charge in [-0.2, -0.15) is 5.26 Å². The van der Waals surface area contributed by atoms with Crippen molar-refractivity contribution in [3.63, 3.8) is 0 Å². The number of hydrogen-bond donors (Lipinski definition) is 0. The minimum Gasteiger partial charge on any atom is -0.303 e. The van der Waals surface area contributed by atoms with E-state index in [1.807, 2.05) is 30.3 Å². The summed E-state index contributed by atoms with van der Waals surface area (Å²) < 4.78 is 0. The lowest BCUT2D eigenvalue weighted by molar-refractivity contribution is -0.109. The number of hydrogen-bond acceptors (Lipinski definition) is 2. The molecule has 0 unspecified atom stereocenters. The third kappa shape index (κ3) is 1.05. The maximum Gasteiger partial charge on any atom is 0.125 e. The zero-order chi connectivity index (χ0) is 9.31. The van der Waals surface area contributed by atoms with Crippen LogP contribution in [-0.4, -0.2) is 6.29 Å². The molecule has 0 radical (unpaired) electrons. The van der Waals surface area contributed by atoms with E-state index in [0.717, 1.165) is 11.8 Å². The summed E-state index contributed by atoms with van der Waals surface area (Å²) in [5.74, 6) is -0.0973. The lowest BCUT2D eigenvalue weighted by atomic mass is 9.95. The molecule has 1 aliphatic carbocycles. The van der Waals surface area contributed by atoms with Gasteiger partial charge in [-0.15, -0.1) is 0 Å². The van der Waals surface area contributed by atoms with Crippen LogP contribution in [0.2, 0.25) is 0 Å². The van der Waals surface area contributed by atoms with Crippen LogP contribution in [0.1, 0.15) is 12.0 Å². The Morgan fingerprint density at radius 1 is 1.46 bits per heavy atom. The normalized spacial score (nSPS) is 30.5. The first kappa shape index (κ1) is 8.00. The molecule has 1 aliphatic rings. The average molecular weight is 171 g/mol. The smallest absolute Gasteiger partial charge is 0.125 e. The van der Waals surface area contributed by atoms with Crippen LogP contribution >= 0.6 is 0 Å². The van der Waals surface area contributed by atoms with Crippen LogP contribution in [0.15, 0.2) is 30.3 Å². The van der Waals surface area contributed by atoms with Crippen molar-refractivity contribution < 1.29 is 4.79 Å². The second-order valence-electron chi connectivity index (χ2n) is 3.40. The molecule has 2 atom stereocenters. The van der Waals surface area contributed by atoms with E-state index in [2.05, 4.69) is 6.07 Å². The first-order chi connectivity index (χ1) is 6.33. The highest BCUT2D eigenvalue weighted by molar-refractivity contribution is 5.67. The Morgan fingerprint density at radius 2 is 2.15 bits per heavy atom. The summed E-state index contributed by atoms with van der Waals surface area (Å²) in [5, 5.41) is 9.00. The second kappa shape index (κ2) is 2.70. The van der Waals surface area contributed by atoms with Crippen molar-refractivity contribution in [2.75, 3.05) is 0 Å². The minimum absolute atomic E-state index is 0.0973. The third-order valence-electron chi connectivity index (χ3n) is 2.67. The fourth-order valence-corrected chi connectivity index (χ4v) is 1.71. The second-order valence-corrected chi connectivity index (χ2v) is 3.40. The summed E-state index contributed by atoms with van der Waals surface area (Å²) in [5.41, 5.74) is 0.456. The number of aldehydes is 1. The van der Waals surface area contributed by atoms with Gasteiger partial charge >= 0.3 is 0 Å². The average Bonchev–Trinajstić information content (AvgIpc) is 2.94. The summed E-state index contributed by atoms with van der Waals surface area (Å²) in [6.07, 6.45) is 1.56. The Bertz CT molecular complexity index is 365. The van der Waals surface area contributed by atoms with Gasteiger partial charge < -0.3 is 4.79 Å². The van der Waals surface area contributed by atoms with E-state index >= 15 is 0 Å². The molecule has 13 heavy (non-hydrogen) atoms. The van der Waals surface area contributed by atoms with Gasteiger partial charge in [-0.1, -0.05) is 30.3 Å². The number of nitriles is 1. The molecule has 0 bridgehead atoms. The highest BCUT2D eigenvalue weighted by Gasteiger charge is 2.56. The summed E-state index contributed by atoms with van der Waals surface area (Å²) >= 11 is 0. The van der Waals surface area contributed by atoms with E-state index in [0.29, 0.717) is 6.42 Å².